The van der Waals surface area contributed by atoms with E-state index in [4.69, 9.17) is 26.2 Å². The summed E-state index contributed by atoms with van der Waals surface area (Å²) in [5.74, 6) is -2.71. The van der Waals surface area contributed by atoms with Crippen molar-refractivity contribution >= 4 is 29.6 Å². The summed E-state index contributed by atoms with van der Waals surface area (Å²) < 4.78 is 45.5. The lowest BCUT2D eigenvalue weighted by Crippen LogP contribution is -2.55. The monoisotopic (exact) mass is 529 g/mol. The first-order chi connectivity index (χ1) is 17.9. The molecule has 2 aromatic carbocycles. The van der Waals surface area contributed by atoms with Crippen molar-refractivity contribution in [2.24, 2.45) is 5.73 Å². The van der Waals surface area contributed by atoms with E-state index in [1.54, 1.807) is 0 Å². The maximum atomic E-state index is 13.4. The molecular formula is C25H22F3N5O5. The molecule has 1 aliphatic rings. The topological polar surface area (TPSA) is 161 Å². The number of rotatable bonds is 7. The van der Waals surface area contributed by atoms with E-state index in [1.807, 2.05) is 6.07 Å². The largest absolute Gasteiger partial charge is 0.481 e. The molecule has 0 fully saturated rings. The van der Waals surface area contributed by atoms with Crippen LogP contribution in [0.3, 0.4) is 0 Å². The molecule has 0 spiro atoms. The van der Waals surface area contributed by atoms with Crippen LogP contribution in [-0.4, -0.2) is 40.5 Å². The standard InChI is InChI=1S/C25H22F3N5O5/c1-14-20(22(36)38-11-3-6-19(34)35)21(16-9-7-15(13-29)8-10-16)33(24(31)37)23(30)32(14)18-5-2-4-17(12-18)25(26,27)28/h2,4-5,7-10,12,21,30H,3,6,11H2,1H3,(H2,31,37)(H,34,35)/t21-/m1/s1. The van der Waals surface area contributed by atoms with Crippen molar-refractivity contribution in [2.75, 3.05) is 11.5 Å². The summed E-state index contributed by atoms with van der Waals surface area (Å²) in [6.45, 7) is 1.08. The number of carboxylic acid groups (broad SMARTS) is 1. The number of alkyl halides is 3. The first kappa shape index (κ1) is 27.7. The minimum atomic E-state index is -4.70. The maximum absolute atomic E-state index is 13.4. The van der Waals surface area contributed by atoms with Gasteiger partial charge in [-0.3, -0.25) is 20.0 Å². The molecule has 1 heterocycles. The van der Waals surface area contributed by atoms with E-state index in [0.717, 1.165) is 28.0 Å². The Labute approximate surface area is 214 Å². The second kappa shape index (κ2) is 11.0. The van der Waals surface area contributed by atoms with Gasteiger partial charge in [-0.25, -0.2) is 9.59 Å². The average molecular weight is 529 g/mol. The third kappa shape index (κ3) is 5.75. The normalized spacial score (nSPS) is 15.8. The third-order valence-electron chi connectivity index (χ3n) is 5.71. The molecule has 10 nitrogen and oxygen atoms in total. The Morgan fingerprint density at radius 1 is 1.18 bits per heavy atom. The minimum Gasteiger partial charge on any atom is -0.481 e. The number of hydrogen-bond donors (Lipinski definition) is 3. The number of carbonyl (C=O) groups is 3. The molecule has 4 N–H and O–H groups in total. The molecule has 2 aromatic rings. The summed E-state index contributed by atoms with van der Waals surface area (Å²) in [5, 5.41) is 26.6. The first-order valence-electron chi connectivity index (χ1n) is 11.1. The number of esters is 1. The van der Waals surface area contributed by atoms with Crippen LogP contribution in [0.15, 0.2) is 59.8 Å². The summed E-state index contributed by atoms with van der Waals surface area (Å²) in [6.07, 6.45) is -4.99. The van der Waals surface area contributed by atoms with Crippen molar-refractivity contribution in [3.05, 3.63) is 76.5 Å². The zero-order chi connectivity index (χ0) is 28.2. The number of nitrogens with two attached hydrogens (primary N) is 1. The van der Waals surface area contributed by atoms with Crippen LogP contribution in [0.5, 0.6) is 0 Å². The molecule has 0 saturated carbocycles. The van der Waals surface area contributed by atoms with Crippen molar-refractivity contribution in [3.63, 3.8) is 0 Å². The number of nitrogens with one attached hydrogen (secondary N) is 1. The number of amides is 2. The molecule has 38 heavy (non-hydrogen) atoms. The van der Waals surface area contributed by atoms with Crippen LogP contribution in [-0.2, 0) is 20.5 Å². The molecule has 0 radical (unpaired) electrons. The van der Waals surface area contributed by atoms with Crippen molar-refractivity contribution < 1.29 is 37.4 Å². The van der Waals surface area contributed by atoms with Gasteiger partial charge in [0.05, 0.1) is 29.4 Å². The first-order valence-corrected chi connectivity index (χ1v) is 11.1. The quantitative estimate of drug-likeness (QED) is 0.359. The fourth-order valence-corrected chi connectivity index (χ4v) is 3.99. The van der Waals surface area contributed by atoms with E-state index < -0.39 is 41.7 Å². The van der Waals surface area contributed by atoms with Crippen LogP contribution in [0.1, 0.15) is 42.5 Å². The summed E-state index contributed by atoms with van der Waals surface area (Å²) >= 11 is 0. The molecule has 198 valence electrons. The number of allylic oxidation sites excluding steroid dienone is 1. The average Bonchev–Trinajstić information content (AvgIpc) is 2.85. The Morgan fingerprint density at radius 2 is 1.84 bits per heavy atom. The number of aliphatic carboxylic acids is 1. The summed E-state index contributed by atoms with van der Waals surface area (Å²) in [4.78, 5) is 38.4. The highest BCUT2D eigenvalue weighted by molar-refractivity contribution is 6.10. The highest BCUT2D eigenvalue weighted by Crippen LogP contribution is 2.41. The maximum Gasteiger partial charge on any atom is 0.416 e. The Hall–Kier alpha value is -4.86. The number of ether oxygens (including phenoxy) is 1. The SMILES string of the molecule is CC1=C(C(=O)OCCCC(=O)O)[C@@H](c2ccc(C#N)cc2)N(C(N)=O)C(=N)N1c1cccc(C(F)(F)F)c1. The van der Waals surface area contributed by atoms with Gasteiger partial charge in [0, 0.05) is 17.8 Å². The smallest absolute Gasteiger partial charge is 0.416 e. The fraction of sp³-hybridized carbons (Fsp3) is 0.240. The summed E-state index contributed by atoms with van der Waals surface area (Å²) in [5.41, 5.74) is 4.73. The van der Waals surface area contributed by atoms with Crippen molar-refractivity contribution in [2.45, 2.75) is 32.0 Å². The van der Waals surface area contributed by atoms with Gasteiger partial charge in [0.2, 0.25) is 5.96 Å². The second-order valence-corrected chi connectivity index (χ2v) is 8.18. The molecular weight excluding hydrogens is 507 g/mol. The number of nitrogens with zero attached hydrogens (tertiary/aromatic N) is 3. The number of guanidine groups is 1. The van der Waals surface area contributed by atoms with Gasteiger partial charge in [0.15, 0.2) is 0 Å². The summed E-state index contributed by atoms with van der Waals surface area (Å²) in [7, 11) is 0. The third-order valence-corrected chi connectivity index (χ3v) is 5.71. The number of halogens is 3. The number of carbonyl (C=O) groups excluding carboxylic acids is 2. The highest BCUT2D eigenvalue weighted by atomic mass is 19.4. The Morgan fingerprint density at radius 3 is 2.39 bits per heavy atom. The van der Waals surface area contributed by atoms with Gasteiger partial charge in [0.25, 0.3) is 0 Å². The fourth-order valence-electron chi connectivity index (χ4n) is 3.99. The Balaban J connectivity index is 2.20. The van der Waals surface area contributed by atoms with Crippen LogP contribution >= 0.6 is 0 Å². The van der Waals surface area contributed by atoms with Gasteiger partial charge < -0.3 is 15.6 Å². The number of anilines is 1. The molecule has 1 aliphatic heterocycles. The lowest BCUT2D eigenvalue weighted by molar-refractivity contribution is -0.142. The lowest BCUT2D eigenvalue weighted by atomic mass is 9.92. The van der Waals surface area contributed by atoms with Gasteiger partial charge in [-0.15, -0.1) is 0 Å². The number of nitriles is 1. The number of urea groups is 1. The Bertz CT molecular complexity index is 1350. The molecule has 0 saturated heterocycles. The highest BCUT2D eigenvalue weighted by Gasteiger charge is 2.44. The van der Waals surface area contributed by atoms with Crippen LogP contribution in [0.25, 0.3) is 0 Å². The van der Waals surface area contributed by atoms with Gasteiger partial charge >= 0.3 is 24.1 Å². The molecule has 0 bridgehead atoms. The van der Waals surface area contributed by atoms with Gasteiger partial charge in [-0.2, -0.15) is 18.4 Å². The number of hydrogen-bond acceptors (Lipinski definition) is 6. The van der Waals surface area contributed by atoms with E-state index in [1.165, 1.54) is 37.3 Å². The predicted octanol–water partition coefficient (Wildman–Crippen LogP) is 4.14. The molecule has 0 aliphatic carbocycles. The lowest BCUT2D eigenvalue weighted by Gasteiger charge is -2.43. The predicted molar refractivity (Wildman–Crippen MR) is 127 cm³/mol. The van der Waals surface area contributed by atoms with Crippen molar-refractivity contribution in [3.8, 4) is 6.07 Å². The van der Waals surface area contributed by atoms with Gasteiger partial charge in [0.1, 0.15) is 6.04 Å². The van der Waals surface area contributed by atoms with Crippen molar-refractivity contribution in [1.82, 2.24) is 4.90 Å². The summed E-state index contributed by atoms with van der Waals surface area (Å²) in [6, 6.07) is 9.14. The van der Waals surface area contributed by atoms with E-state index in [2.05, 4.69) is 0 Å². The van der Waals surface area contributed by atoms with Gasteiger partial charge in [-0.1, -0.05) is 18.2 Å². The van der Waals surface area contributed by atoms with Crippen LogP contribution in [0.2, 0.25) is 0 Å². The molecule has 2 amide bonds. The van der Waals surface area contributed by atoms with Crippen LogP contribution < -0.4 is 10.6 Å². The van der Waals surface area contributed by atoms with E-state index in [-0.39, 0.29) is 47.5 Å². The van der Waals surface area contributed by atoms with Crippen LogP contribution in [0, 0.1) is 16.7 Å². The van der Waals surface area contributed by atoms with E-state index in [0.29, 0.717) is 0 Å². The zero-order valence-corrected chi connectivity index (χ0v) is 20.0. The number of carboxylic acids is 1. The molecule has 3 rings (SSSR count). The molecule has 0 aromatic heterocycles. The zero-order valence-electron chi connectivity index (χ0n) is 20.0. The van der Waals surface area contributed by atoms with Crippen LogP contribution in [0.4, 0.5) is 23.7 Å². The van der Waals surface area contributed by atoms with Crippen molar-refractivity contribution in [1.29, 1.82) is 10.7 Å². The number of benzene rings is 2. The molecule has 0 unspecified atom stereocenters. The Kier molecular flexibility index (Phi) is 8.05. The second-order valence-electron chi connectivity index (χ2n) is 8.18. The van der Waals surface area contributed by atoms with E-state index >= 15 is 0 Å². The van der Waals surface area contributed by atoms with Gasteiger partial charge in [-0.05, 0) is 49.2 Å². The molecule has 1 atom stereocenters. The van der Waals surface area contributed by atoms with E-state index in [9.17, 15) is 27.6 Å². The minimum absolute atomic E-state index is 0.00980. The molecule has 13 heteroatoms. The number of primary amides is 1.